The Bertz CT molecular complexity index is 807. The van der Waals surface area contributed by atoms with Crippen molar-refractivity contribution in [3.63, 3.8) is 0 Å². The highest BCUT2D eigenvalue weighted by molar-refractivity contribution is 5.87. The molecule has 2 atom stereocenters. The molecule has 0 spiro atoms. The maximum atomic E-state index is 13.1. The van der Waals surface area contributed by atoms with Gasteiger partial charge < -0.3 is 15.0 Å². The standard InChI is InChI=1S/C25H34N2O3/c1-5-20(3)26-25(29)21(4)27(18-22-13-10-9-12-19(22)2)24(28)16-11-17-30-23-14-7-6-8-15-23/h6-10,12-15,20-21H,5,11,16-18H2,1-4H3,(H,26,29)/t20-,21-/m1/s1. The first kappa shape index (κ1) is 23.5. The van der Waals surface area contributed by atoms with E-state index < -0.39 is 6.04 Å². The minimum absolute atomic E-state index is 0.0401. The van der Waals surface area contributed by atoms with E-state index >= 15 is 0 Å². The molecule has 2 amide bonds. The number of nitrogens with one attached hydrogen (secondary N) is 1. The van der Waals surface area contributed by atoms with E-state index in [1.807, 2.05) is 75.4 Å². The van der Waals surface area contributed by atoms with E-state index in [9.17, 15) is 9.59 Å². The number of amides is 2. The predicted octanol–water partition coefficient (Wildman–Crippen LogP) is 4.49. The quantitative estimate of drug-likeness (QED) is 0.556. The number of hydrogen-bond donors (Lipinski definition) is 1. The highest BCUT2D eigenvalue weighted by atomic mass is 16.5. The van der Waals surface area contributed by atoms with Gasteiger partial charge in [0.2, 0.25) is 11.8 Å². The van der Waals surface area contributed by atoms with E-state index in [4.69, 9.17) is 4.74 Å². The minimum atomic E-state index is -0.541. The van der Waals surface area contributed by atoms with Crippen LogP contribution in [-0.2, 0) is 16.1 Å². The first-order valence-corrected chi connectivity index (χ1v) is 10.7. The van der Waals surface area contributed by atoms with Crippen molar-refractivity contribution in [2.24, 2.45) is 0 Å². The van der Waals surface area contributed by atoms with Crippen LogP contribution >= 0.6 is 0 Å². The number of ether oxygens (including phenoxy) is 1. The molecule has 0 saturated heterocycles. The molecule has 0 fully saturated rings. The normalized spacial score (nSPS) is 12.7. The topological polar surface area (TPSA) is 58.6 Å². The molecule has 162 valence electrons. The molecule has 0 unspecified atom stereocenters. The van der Waals surface area contributed by atoms with Gasteiger partial charge in [0.1, 0.15) is 11.8 Å². The highest BCUT2D eigenvalue weighted by Crippen LogP contribution is 2.16. The molecule has 5 heteroatoms. The molecule has 0 bridgehead atoms. The lowest BCUT2D eigenvalue weighted by Crippen LogP contribution is -2.49. The van der Waals surface area contributed by atoms with Crippen molar-refractivity contribution in [3.8, 4) is 5.75 Å². The number of aryl methyl sites for hydroxylation is 1. The van der Waals surface area contributed by atoms with Gasteiger partial charge in [0, 0.05) is 19.0 Å². The third-order valence-corrected chi connectivity index (χ3v) is 5.32. The summed E-state index contributed by atoms with van der Waals surface area (Å²) in [6.45, 7) is 8.70. The van der Waals surface area contributed by atoms with Gasteiger partial charge in [-0.1, -0.05) is 49.4 Å². The van der Waals surface area contributed by atoms with Gasteiger partial charge in [-0.3, -0.25) is 9.59 Å². The Labute approximate surface area is 180 Å². The third-order valence-electron chi connectivity index (χ3n) is 5.32. The van der Waals surface area contributed by atoms with E-state index in [1.54, 1.807) is 11.8 Å². The Morgan fingerprint density at radius 2 is 1.70 bits per heavy atom. The molecule has 2 rings (SSSR count). The summed E-state index contributed by atoms with van der Waals surface area (Å²) in [6, 6.07) is 17.1. The van der Waals surface area contributed by atoms with Crippen molar-refractivity contribution in [1.82, 2.24) is 10.2 Å². The molecule has 0 aromatic heterocycles. The van der Waals surface area contributed by atoms with E-state index in [0.29, 0.717) is 26.0 Å². The number of benzene rings is 2. The van der Waals surface area contributed by atoms with Gasteiger partial charge in [-0.05, 0) is 56.9 Å². The zero-order valence-electron chi connectivity index (χ0n) is 18.6. The zero-order chi connectivity index (χ0) is 21.9. The van der Waals surface area contributed by atoms with Crippen molar-refractivity contribution >= 4 is 11.8 Å². The second kappa shape index (κ2) is 12.0. The Morgan fingerprint density at radius 3 is 2.37 bits per heavy atom. The molecular weight excluding hydrogens is 376 g/mol. The van der Waals surface area contributed by atoms with Gasteiger partial charge in [0.05, 0.1) is 6.61 Å². The van der Waals surface area contributed by atoms with Crippen LogP contribution in [0.15, 0.2) is 54.6 Å². The van der Waals surface area contributed by atoms with Crippen LogP contribution in [0.5, 0.6) is 5.75 Å². The largest absolute Gasteiger partial charge is 0.494 e. The van der Waals surface area contributed by atoms with Crippen LogP contribution in [0, 0.1) is 6.92 Å². The van der Waals surface area contributed by atoms with Crippen LogP contribution in [0.1, 0.15) is 51.2 Å². The Morgan fingerprint density at radius 1 is 1.03 bits per heavy atom. The van der Waals surface area contributed by atoms with Crippen LogP contribution in [0.2, 0.25) is 0 Å². The van der Waals surface area contributed by atoms with Crippen LogP contribution < -0.4 is 10.1 Å². The van der Waals surface area contributed by atoms with Gasteiger partial charge in [-0.2, -0.15) is 0 Å². The molecule has 0 aliphatic heterocycles. The van der Waals surface area contributed by atoms with Gasteiger partial charge >= 0.3 is 0 Å². The summed E-state index contributed by atoms with van der Waals surface area (Å²) < 4.78 is 5.70. The van der Waals surface area contributed by atoms with Crippen LogP contribution in [0.25, 0.3) is 0 Å². The molecule has 30 heavy (non-hydrogen) atoms. The monoisotopic (exact) mass is 410 g/mol. The lowest BCUT2D eigenvalue weighted by atomic mass is 10.1. The van der Waals surface area contributed by atoms with E-state index in [1.165, 1.54) is 0 Å². The average molecular weight is 411 g/mol. The van der Waals surface area contributed by atoms with Gasteiger partial charge in [-0.25, -0.2) is 0 Å². The number of carbonyl (C=O) groups is 2. The third kappa shape index (κ3) is 7.21. The summed E-state index contributed by atoms with van der Waals surface area (Å²) in [5, 5.41) is 3.00. The van der Waals surface area contributed by atoms with Crippen molar-refractivity contribution in [1.29, 1.82) is 0 Å². The van der Waals surface area contributed by atoms with Crippen molar-refractivity contribution < 1.29 is 14.3 Å². The van der Waals surface area contributed by atoms with Crippen molar-refractivity contribution in [2.75, 3.05) is 6.61 Å². The van der Waals surface area contributed by atoms with Gasteiger partial charge in [-0.15, -0.1) is 0 Å². The van der Waals surface area contributed by atoms with Crippen LogP contribution in [-0.4, -0.2) is 35.4 Å². The summed E-state index contributed by atoms with van der Waals surface area (Å²) in [4.78, 5) is 27.5. The van der Waals surface area contributed by atoms with E-state index in [0.717, 1.165) is 23.3 Å². The zero-order valence-corrected chi connectivity index (χ0v) is 18.6. The van der Waals surface area contributed by atoms with Crippen molar-refractivity contribution in [2.45, 2.75) is 65.6 Å². The van der Waals surface area contributed by atoms with Crippen LogP contribution in [0.4, 0.5) is 0 Å². The summed E-state index contributed by atoms with van der Waals surface area (Å²) in [5.41, 5.74) is 2.16. The first-order valence-electron chi connectivity index (χ1n) is 10.7. The Kier molecular flexibility index (Phi) is 9.39. The summed E-state index contributed by atoms with van der Waals surface area (Å²) in [7, 11) is 0. The fourth-order valence-corrected chi connectivity index (χ4v) is 3.09. The molecule has 2 aromatic rings. The fourth-order valence-electron chi connectivity index (χ4n) is 3.09. The molecule has 1 N–H and O–H groups in total. The number of hydrogen-bond acceptors (Lipinski definition) is 3. The van der Waals surface area contributed by atoms with Crippen LogP contribution in [0.3, 0.4) is 0 Å². The smallest absolute Gasteiger partial charge is 0.242 e. The summed E-state index contributed by atoms with van der Waals surface area (Å²) >= 11 is 0. The second-order valence-corrected chi connectivity index (χ2v) is 7.71. The summed E-state index contributed by atoms with van der Waals surface area (Å²) in [5.74, 6) is 0.636. The number of carbonyl (C=O) groups excluding carboxylic acids is 2. The number of para-hydroxylation sites is 1. The maximum absolute atomic E-state index is 13.1. The number of rotatable bonds is 11. The predicted molar refractivity (Wildman–Crippen MR) is 120 cm³/mol. The highest BCUT2D eigenvalue weighted by Gasteiger charge is 2.26. The van der Waals surface area contributed by atoms with E-state index in [-0.39, 0.29) is 17.9 Å². The maximum Gasteiger partial charge on any atom is 0.242 e. The molecule has 0 saturated carbocycles. The van der Waals surface area contributed by atoms with E-state index in [2.05, 4.69) is 5.32 Å². The molecular formula is C25H34N2O3. The molecule has 5 nitrogen and oxygen atoms in total. The number of nitrogens with zero attached hydrogens (tertiary/aromatic N) is 1. The average Bonchev–Trinajstić information content (AvgIpc) is 2.76. The Balaban J connectivity index is 2.02. The molecule has 2 aromatic carbocycles. The SMILES string of the molecule is CC[C@@H](C)NC(=O)[C@@H](C)N(Cc1ccccc1C)C(=O)CCCOc1ccccc1. The summed E-state index contributed by atoms with van der Waals surface area (Å²) in [6.07, 6.45) is 1.78. The van der Waals surface area contributed by atoms with Gasteiger partial charge in [0.25, 0.3) is 0 Å². The first-order chi connectivity index (χ1) is 14.4. The van der Waals surface area contributed by atoms with Gasteiger partial charge in [0.15, 0.2) is 0 Å². The molecule has 0 aliphatic carbocycles. The lowest BCUT2D eigenvalue weighted by molar-refractivity contribution is -0.141. The molecule has 0 radical (unpaired) electrons. The fraction of sp³-hybridized carbons (Fsp3) is 0.440. The molecule has 0 heterocycles. The second-order valence-electron chi connectivity index (χ2n) is 7.71. The Hall–Kier alpha value is -2.82. The minimum Gasteiger partial charge on any atom is -0.494 e. The van der Waals surface area contributed by atoms with Crippen molar-refractivity contribution in [3.05, 3.63) is 65.7 Å². The molecule has 0 aliphatic rings. The lowest BCUT2D eigenvalue weighted by Gasteiger charge is -2.30.